The van der Waals surface area contributed by atoms with E-state index in [1.165, 1.54) is 30.7 Å². The summed E-state index contributed by atoms with van der Waals surface area (Å²) in [5.74, 6) is 0.511. The van der Waals surface area contributed by atoms with Crippen molar-refractivity contribution in [3.63, 3.8) is 0 Å². The molecule has 29 heavy (non-hydrogen) atoms. The lowest BCUT2D eigenvalue weighted by Crippen LogP contribution is -2.32. The highest BCUT2D eigenvalue weighted by atomic mass is 19.1. The van der Waals surface area contributed by atoms with Crippen molar-refractivity contribution in [2.24, 2.45) is 5.92 Å². The minimum atomic E-state index is -0.562. The summed E-state index contributed by atoms with van der Waals surface area (Å²) in [5.41, 5.74) is 3.21. The van der Waals surface area contributed by atoms with Crippen molar-refractivity contribution in [3.8, 4) is 0 Å². The molecule has 2 fully saturated rings. The van der Waals surface area contributed by atoms with Gasteiger partial charge in [-0.05, 0) is 79.6 Å². The Morgan fingerprint density at radius 3 is 2.55 bits per heavy atom. The minimum Gasteiger partial charge on any atom is -0.372 e. The number of aromatic amines is 1. The summed E-state index contributed by atoms with van der Waals surface area (Å²) in [6.45, 7) is 4.49. The molecule has 4 nitrogen and oxygen atoms in total. The van der Waals surface area contributed by atoms with Gasteiger partial charge < -0.3 is 15.2 Å². The third-order valence-corrected chi connectivity index (χ3v) is 6.62. The molecule has 1 amide bonds. The van der Waals surface area contributed by atoms with E-state index in [0.29, 0.717) is 0 Å². The fraction of sp³-hybridized carbons (Fsp3) is 0.375. The molecular weight excluding hydrogens is 365 g/mol. The number of amides is 1. The van der Waals surface area contributed by atoms with Gasteiger partial charge >= 0.3 is 0 Å². The smallest absolute Gasteiger partial charge is 0.235 e. The molecule has 1 aromatic heterocycles. The van der Waals surface area contributed by atoms with Crippen LogP contribution in [0.3, 0.4) is 0 Å². The van der Waals surface area contributed by atoms with Crippen LogP contribution < -0.4 is 10.2 Å². The standard InChI is InChI=1S/C24H26FN3O/c1-16-8-12-28(13-9-16)19-5-3-18(4-6-19)27-23(29)24(10-11-24)21-15-26-22-7-2-17(25)14-20(21)22/h2-7,14-16,26H,8-13H2,1H3,(H,27,29). The van der Waals surface area contributed by atoms with E-state index in [0.717, 1.165) is 54.0 Å². The topological polar surface area (TPSA) is 48.1 Å². The molecule has 2 aromatic carbocycles. The second kappa shape index (κ2) is 6.90. The fourth-order valence-electron chi connectivity index (χ4n) is 4.51. The number of rotatable bonds is 4. The number of carbonyl (C=O) groups is 1. The van der Waals surface area contributed by atoms with E-state index in [4.69, 9.17) is 0 Å². The van der Waals surface area contributed by atoms with Gasteiger partial charge in [0.15, 0.2) is 0 Å². The Morgan fingerprint density at radius 1 is 1.14 bits per heavy atom. The Balaban J connectivity index is 1.33. The Labute approximate surface area is 170 Å². The summed E-state index contributed by atoms with van der Waals surface area (Å²) < 4.78 is 13.7. The second-order valence-electron chi connectivity index (χ2n) is 8.64. The Kier molecular flexibility index (Phi) is 4.34. The molecule has 0 bridgehead atoms. The molecule has 2 aliphatic rings. The van der Waals surface area contributed by atoms with E-state index in [-0.39, 0.29) is 11.7 Å². The Bertz CT molecular complexity index is 1040. The number of piperidine rings is 1. The number of anilines is 2. The molecule has 1 saturated carbocycles. The Morgan fingerprint density at radius 2 is 1.86 bits per heavy atom. The molecule has 5 heteroatoms. The predicted octanol–water partition coefficient (Wildman–Crippen LogP) is 5.21. The lowest BCUT2D eigenvalue weighted by molar-refractivity contribution is -0.118. The van der Waals surface area contributed by atoms with Crippen LogP contribution in [0, 0.1) is 11.7 Å². The summed E-state index contributed by atoms with van der Waals surface area (Å²) in [5, 5.41) is 3.88. The summed E-state index contributed by atoms with van der Waals surface area (Å²) in [4.78, 5) is 18.7. The van der Waals surface area contributed by atoms with Gasteiger partial charge in [0, 0.05) is 41.6 Å². The van der Waals surface area contributed by atoms with E-state index in [9.17, 15) is 9.18 Å². The van der Waals surface area contributed by atoms with E-state index < -0.39 is 5.41 Å². The van der Waals surface area contributed by atoms with Gasteiger partial charge in [0.2, 0.25) is 5.91 Å². The van der Waals surface area contributed by atoms with Crippen LogP contribution in [0.15, 0.2) is 48.7 Å². The molecule has 3 aromatic rings. The van der Waals surface area contributed by atoms with E-state index in [1.807, 2.05) is 18.3 Å². The van der Waals surface area contributed by atoms with Gasteiger partial charge in [-0.3, -0.25) is 4.79 Å². The molecule has 1 saturated heterocycles. The van der Waals surface area contributed by atoms with Gasteiger partial charge in [-0.1, -0.05) is 6.92 Å². The number of nitrogens with one attached hydrogen (secondary N) is 2. The average molecular weight is 391 g/mol. The van der Waals surface area contributed by atoms with E-state index in [2.05, 4.69) is 34.3 Å². The highest BCUT2D eigenvalue weighted by Gasteiger charge is 2.52. The number of benzene rings is 2. The summed E-state index contributed by atoms with van der Waals surface area (Å²) >= 11 is 0. The maximum absolute atomic E-state index is 13.7. The molecule has 2 N–H and O–H groups in total. The summed E-state index contributed by atoms with van der Waals surface area (Å²) in [6.07, 6.45) is 5.88. The van der Waals surface area contributed by atoms with Gasteiger partial charge in [0.25, 0.3) is 0 Å². The van der Waals surface area contributed by atoms with Crippen molar-refractivity contribution in [2.45, 2.75) is 38.0 Å². The van der Waals surface area contributed by atoms with Crippen molar-refractivity contribution < 1.29 is 9.18 Å². The zero-order valence-corrected chi connectivity index (χ0v) is 16.7. The van der Waals surface area contributed by atoms with Gasteiger partial charge in [-0.2, -0.15) is 0 Å². The normalized spacial score (nSPS) is 18.8. The van der Waals surface area contributed by atoms with Crippen LogP contribution in [0.2, 0.25) is 0 Å². The van der Waals surface area contributed by atoms with Crippen molar-refractivity contribution in [3.05, 3.63) is 60.0 Å². The molecule has 1 aliphatic carbocycles. The van der Waals surface area contributed by atoms with Crippen LogP contribution in [0.4, 0.5) is 15.8 Å². The van der Waals surface area contributed by atoms with Crippen molar-refractivity contribution in [1.82, 2.24) is 4.98 Å². The number of hydrogen-bond donors (Lipinski definition) is 2. The maximum Gasteiger partial charge on any atom is 0.235 e. The van der Waals surface area contributed by atoms with Crippen molar-refractivity contribution >= 4 is 28.2 Å². The van der Waals surface area contributed by atoms with Crippen LogP contribution in [-0.2, 0) is 10.2 Å². The number of carbonyl (C=O) groups excluding carboxylic acids is 1. The van der Waals surface area contributed by atoms with Crippen LogP contribution in [-0.4, -0.2) is 24.0 Å². The number of hydrogen-bond acceptors (Lipinski definition) is 2. The molecule has 0 spiro atoms. The largest absolute Gasteiger partial charge is 0.372 e. The molecular formula is C24H26FN3O. The molecule has 0 radical (unpaired) electrons. The number of halogens is 1. The summed E-state index contributed by atoms with van der Waals surface area (Å²) in [7, 11) is 0. The zero-order chi connectivity index (χ0) is 20.0. The van der Waals surface area contributed by atoms with Gasteiger partial charge in [0.1, 0.15) is 5.82 Å². The highest BCUT2D eigenvalue weighted by Crippen LogP contribution is 2.51. The third-order valence-electron chi connectivity index (χ3n) is 6.62. The van der Waals surface area contributed by atoms with E-state index >= 15 is 0 Å². The van der Waals surface area contributed by atoms with Crippen molar-refractivity contribution in [1.29, 1.82) is 0 Å². The minimum absolute atomic E-state index is 0.0118. The van der Waals surface area contributed by atoms with Crippen LogP contribution in [0.25, 0.3) is 10.9 Å². The van der Waals surface area contributed by atoms with Gasteiger partial charge in [0.05, 0.1) is 5.41 Å². The van der Waals surface area contributed by atoms with E-state index in [1.54, 1.807) is 6.07 Å². The lowest BCUT2D eigenvalue weighted by atomic mass is 9.94. The predicted molar refractivity (Wildman–Crippen MR) is 115 cm³/mol. The first kappa shape index (κ1) is 18.2. The number of H-pyrrole nitrogens is 1. The van der Waals surface area contributed by atoms with Crippen molar-refractivity contribution in [2.75, 3.05) is 23.3 Å². The molecule has 1 aliphatic heterocycles. The van der Waals surface area contributed by atoms with Gasteiger partial charge in [-0.15, -0.1) is 0 Å². The molecule has 5 rings (SSSR count). The number of fused-ring (bicyclic) bond motifs is 1. The molecule has 2 heterocycles. The highest BCUT2D eigenvalue weighted by molar-refractivity contribution is 6.04. The third kappa shape index (κ3) is 3.28. The van der Waals surface area contributed by atoms with Gasteiger partial charge in [-0.25, -0.2) is 4.39 Å². The second-order valence-corrected chi connectivity index (χ2v) is 8.64. The lowest BCUT2D eigenvalue weighted by Gasteiger charge is -2.32. The molecule has 0 unspecified atom stereocenters. The average Bonchev–Trinajstić information content (AvgIpc) is 3.43. The quantitative estimate of drug-likeness (QED) is 0.641. The Hall–Kier alpha value is -2.82. The molecule has 0 atom stereocenters. The SMILES string of the molecule is CC1CCN(c2ccc(NC(=O)C3(c4c[nH]c5ccc(F)cc45)CC3)cc2)CC1. The zero-order valence-electron chi connectivity index (χ0n) is 16.7. The molecule has 150 valence electrons. The first-order chi connectivity index (χ1) is 14.0. The monoisotopic (exact) mass is 391 g/mol. The first-order valence-corrected chi connectivity index (χ1v) is 10.5. The number of aromatic nitrogens is 1. The van der Waals surface area contributed by atoms with Crippen LogP contribution in [0.1, 0.15) is 38.2 Å². The van der Waals surface area contributed by atoms with Crippen LogP contribution >= 0.6 is 0 Å². The summed E-state index contributed by atoms with van der Waals surface area (Å²) in [6, 6.07) is 12.8. The maximum atomic E-state index is 13.7. The fourth-order valence-corrected chi connectivity index (χ4v) is 4.51. The first-order valence-electron chi connectivity index (χ1n) is 10.5. The number of nitrogens with zero attached hydrogens (tertiary/aromatic N) is 1. The van der Waals surface area contributed by atoms with Crippen LogP contribution in [0.5, 0.6) is 0 Å².